The number of ether oxygens (including phenoxy) is 1. The third-order valence-electron chi connectivity index (χ3n) is 8.80. The fraction of sp³-hybridized carbons (Fsp3) is 0.581. The van der Waals surface area contributed by atoms with Gasteiger partial charge in [0.05, 0.1) is 11.0 Å². The number of nitrogen functional groups attached to an aromatic ring is 1. The zero-order chi connectivity index (χ0) is 31.2. The molecule has 3 aromatic rings. The number of likely N-dealkylation sites (N-methyl/N-ethyl adjacent to an activating group) is 1. The number of carbonyl (C=O) groups is 1. The maximum Gasteiger partial charge on any atom is 0.410 e. The second-order valence-corrected chi connectivity index (χ2v) is 14.3. The maximum absolute atomic E-state index is 12.7. The molecule has 5 heterocycles. The number of carbonyl (C=O) groups excluding carboxylic acids is 1. The lowest BCUT2D eigenvalue weighted by Crippen LogP contribution is -2.50. The molecule has 1 atom stereocenters. The molecule has 3 aromatic heterocycles. The van der Waals surface area contributed by atoms with Crippen LogP contribution < -0.4 is 15.5 Å². The number of aromatic nitrogens is 3. The predicted octanol–water partition coefficient (Wildman–Crippen LogP) is 4.10. The summed E-state index contributed by atoms with van der Waals surface area (Å²) in [7, 11) is 2.14. The molecule has 12 nitrogen and oxygen atoms in total. The first kappa shape index (κ1) is 30.1. The van der Waals surface area contributed by atoms with Gasteiger partial charge in [-0.15, -0.1) is 11.3 Å². The van der Waals surface area contributed by atoms with Gasteiger partial charge < -0.3 is 34.6 Å². The number of rotatable bonds is 4. The summed E-state index contributed by atoms with van der Waals surface area (Å²) in [5, 5.41) is 14.9. The van der Waals surface area contributed by atoms with Crippen molar-refractivity contribution >= 4 is 33.9 Å². The van der Waals surface area contributed by atoms with Crippen molar-refractivity contribution in [3.8, 4) is 17.6 Å². The van der Waals surface area contributed by atoms with Crippen molar-refractivity contribution in [3.63, 3.8) is 0 Å². The molecule has 2 N–H and O–H groups in total. The van der Waals surface area contributed by atoms with E-state index in [0.29, 0.717) is 54.2 Å². The van der Waals surface area contributed by atoms with Gasteiger partial charge in [-0.1, -0.05) is 5.16 Å². The molecular weight excluding hydrogens is 578 g/mol. The summed E-state index contributed by atoms with van der Waals surface area (Å²) in [4.78, 5) is 32.4. The fourth-order valence-corrected chi connectivity index (χ4v) is 7.52. The Morgan fingerprint density at radius 2 is 1.80 bits per heavy atom. The van der Waals surface area contributed by atoms with E-state index in [-0.39, 0.29) is 6.09 Å². The molecular formula is C31H41N9O3S. The second kappa shape index (κ2) is 11.6. The Balaban J connectivity index is 1.31. The Labute approximate surface area is 262 Å². The van der Waals surface area contributed by atoms with Crippen molar-refractivity contribution < 1.29 is 14.1 Å². The molecule has 0 saturated carbocycles. The molecule has 1 unspecified atom stereocenters. The van der Waals surface area contributed by atoms with Crippen LogP contribution in [0.4, 0.5) is 21.3 Å². The minimum absolute atomic E-state index is 0.289. The van der Waals surface area contributed by atoms with E-state index in [0.717, 1.165) is 67.4 Å². The number of aryl methyl sites for hydroxylation is 1. The van der Waals surface area contributed by atoms with E-state index in [2.05, 4.69) is 46.0 Å². The van der Waals surface area contributed by atoms with Crippen LogP contribution in [0.15, 0.2) is 16.7 Å². The fourth-order valence-electron chi connectivity index (χ4n) is 6.33. The van der Waals surface area contributed by atoms with E-state index in [4.69, 9.17) is 25.0 Å². The SMILES string of the molecule is CN1CCN(c2cc(-c3noc(C4(C)CCCc5sc(N)c(C#N)c54)n3)nc(N3CCN(C(=O)OC(C)(C)C)CC3)c2)CC1. The third kappa shape index (κ3) is 5.80. The Bertz CT molecular complexity index is 1570. The van der Waals surface area contributed by atoms with Gasteiger partial charge in [-0.3, -0.25) is 0 Å². The largest absolute Gasteiger partial charge is 0.444 e. The quantitative estimate of drug-likeness (QED) is 0.451. The minimum atomic E-state index is -0.603. The van der Waals surface area contributed by atoms with Gasteiger partial charge in [0.25, 0.3) is 0 Å². The van der Waals surface area contributed by atoms with Crippen LogP contribution in [0.3, 0.4) is 0 Å². The molecule has 0 spiro atoms. The summed E-state index contributed by atoms with van der Waals surface area (Å²) in [5.41, 5.74) is 8.24. The Hall–Kier alpha value is -3.89. The van der Waals surface area contributed by atoms with Crippen LogP contribution in [0.5, 0.6) is 0 Å². The van der Waals surface area contributed by atoms with Crippen LogP contribution in [0, 0.1) is 11.3 Å². The Morgan fingerprint density at radius 1 is 1.09 bits per heavy atom. The average Bonchev–Trinajstić information content (AvgIpc) is 3.62. The average molecular weight is 620 g/mol. The monoisotopic (exact) mass is 619 g/mol. The van der Waals surface area contributed by atoms with Crippen molar-refractivity contribution in [2.75, 3.05) is 74.9 Å². The van der Waals surface area contributed by atoms with E-state index in [1.165, 1.54) is 11.3 Å². The topological polar surface area (TPSA) is 141 Å². The molecule has 0 aromatic carbocycles. The first-order valence-corrected chi connectivity index (χ1v) is 16.1. The highest BCUT2D eigenvalue weighted by molar-refractivity contribution is 7.16. The normalized spacial score (nSPS) is 21.2. The third-order valence-corrected chi connectivity index (χ3v) is 9.88. The molecule has 1 aliphatic carbocycles. The van der Waals surface area contributed by atoms with Gasteiger partial charge in [0.2, 0.25) is 11.7 Å². The van der Waals surface area contributed by atoms with E-state index in [1.807, 2.05) is 26.8 Å². The van der Waals surface area contributed by atoms with Gasteiger partial charge in [0.1, 0.15) is 28.2 Å². The molecule has 0 radical (unpaired) electrons. The number of nitrogens with two attached hydrogens (primary N) is 1. The number of amides is 1. The van der Waals surface area contributed by atoms with Gasteiger partial charge in [0, 0.05) is 74.6 Å². The van der Waals surface area contributed by atoms with E-state index < -0.39 is 11.0 Å². The van der Waals surface area contributed by atoms with Gasteiger partial charge >= 0.3 is 6.09 Å². The lowest BCUT2D eigenvalue weighted by Gasteiger charge is -2.37. The number of fused-ring (bicyclic) bond motifs is 1. The summed E-state index contributed by atoms with van der Waals surface area (Å²) < 4.78 is 11.5. The van der Waals surface area contributed by atoms with Crippen molar-refractivity contribution in [1.29, 1.82) is 5.26 Å². The van der Waals surface area contributed by atoms with Crippen LogP contribution in [0.25, 0.3) is 11.5 Å². The highest BCUT2D eigenvalue weighted by atomic mass is 32.1. The van der Waals surface area contributed by atoms with Crippen LogP contribution in [-0.2, 0) is 16.6 Å². The predicted molar refractivity (Wildman–Crippen MR) is 170 cm³/mol. The van der Waals surface area contributed by atoms with Crippen LogP contribution in [0.2, 0.25) is 0 Å². The molecule has 44 heavy (non-hydrogen) atoms. The summed E-state index contributed by atoms with van der Waals surface area (Å²) in [6, 6.07) is 6.48. The molecule has 2 saturated heterocycles. The zero-order valence-corrected chi connectivity index (χ0v) is 27.0. The first-order valence-electron chi connectivity index (χ1n) is 15.3. The number of pyridine rings is 1. The summed E-state index contributed by atoms with van der Waals surface area (Å²) in [6.45, 7) is 13.8. The van der Waals surface area contributed by atoms with Gasteiger partial charge in [-0.05, 0) is 60.1 Å². The standard InChI is InChI=1S/C31H41N9O3S/c1-30(2,3)42-29(41)40-15-13-39(14-16-40)24-18-20(38-11-9-37(5)10-12-38)17-22(34-24)27-35-28(43-36-27)31(4)8-6-7-23-25(31)21(19-32)26(33)44-23/h17-18H,6-16,33H2,1-5H3. The zero-order valence-electron chi connectivity index (χ0n) is 26.2. The van der Waals surface area contributed by atoms with Crippen molar-refractivity contribution in [1.82, 2.24) is 24.9 Å². The molecule has 1 amide bonds. The molecule has 13 heteroatoms. The molecule has 2 aliphatic heterocycles. The Kier molecular flexibility index (Phi) is 7.92. The van der Waals surface area contributed by atoms with Gasteiger partial charge in [-0.2, -0.15) is 10.2 Å². The Morgan fingerprint density at radius 3 is 2.48 bits per heavy atom. The molecule has 3 aliphatic rings. The summed E-state index contributed by atoms with van der Waals surface area (Å²) in [5.74, 6) is 1.71. The number of hydrogen-bond donors (Lipinski definition) is 1. The lowest BCUT2D eigenvalue weighted by atomic mass is 9.72. The minimum Gasteiger partial charge on any atom is -0.444 e. The lowest BCUT2D eigenvalue weighted by molar-refractivity contribution is 0.0240. The van der Waals surface area contributed by atoms with E-state index >= 15 is 0 Å². The number of piperazine rings is 2. The maximum atomic E-state index is 12.7. The van der Waals surface area contributed by atoms with Crippen LogP contribution in [0.1, 0.15) is 62.4 Å². The smallest absolute Gasteiger partial charge is 0.410 e. The van der Waals surface area contributed by atoms with Gasteiger partial charge in [-0.25, -0.2) is 9.78 Å². The second-order valence-electron chi connectivity index (χ2n) is 13.2. The molecule has 6 rings (SSSR count). The van der Waals surface area contributed by atoms with Gasteiger partial charge in [0.15, 0.2) is 0 Å². The van der Waals surface area contributed by atoms with E-state index in [9.17, 15) is 10.1 Å². The van der Waals surface area contributed by atoms with Crippen molar-refractivity contribution in [3.05, 3.63) is 34.0 Å². The first-order chi connectivity index (χ1) is 20.9. The molecule has 0 bridgehead atoms. The number of hydrogen-bond acceptors (Lipinski definition) is 12. The van der Waals surface area contributed by atoms with Crippen LogP contribution in [-0.4, -0.2) is 96.0 Å². The highest BCUT2D eigenvalue weighted by Crippen LogP contribution is 2.48. The van der Waals surface area contributed by atoms with Crippen LogP contribution >= 0.6 is 11.3 Å². The van der Waals surface area contributed by atoms with E-state index in [1.54, 1.807) is 4.90 Å². The molecule has 2 fully saturated rings. The molecule has 234 valence electrons. The number of thiophene rings is 1. The number of nitriles is 1. The van der Waals surface area contributed by atoms with Crippen molar-refractivity contribution in [2.24, 2.45) is 0 Å². The number of anilines is 3. The van der Waals surface area contributed by atoms with Crippen molar-refractivity contribution in [2.45, 2.75) is 58.0 Å². The number of nitrogens with zero attached hydrogens (tertiary/aromatic N) is 8. The highest BCUT2D eigenvalue weighted by Gasteiger charge is 2.43. The summed E-state index contributed by atoms with van der Waals surface area (Å²) >= 11 is 1.49. The summed E-state index contributed by atoms with van der Waals surface area (Å²) in [6.07, 6.45) is 2.33.